The van der Waals surface area contributed by atoms with Crippen molar-refractivity contribution < 1.29 is 18.7 Å². The molecule has 2 aliphatic rings. The first kappa shape index (κ1) is 17.7. The number of hydrogen-bond donors (Lipinski definition) is 2. The Labute approximate surface area is 146 Å². The average molecular weight is 349 g/mol. The van der Waals surface area contributed by atoms with Crippen molar-refractivity contribution >= 4 is 23.3 Å². The van der Waals surface area contributed by atoms with E-state index in [9.17, 15) is 14.0 Å². The number of aryl methyl sites for hydroxylation is 1. The number of carbonyl (C=O) groups excluding carboxylic acids is 2. The topological polar surface area (TPSA) is 70.7 Å². The van der Waals surface area contributed by atoms with Gasteiger partial charge in [0.2, 0.25) is 5.91 Å². The fraction of sp³-hybridized carbons (Fsp3) is 0.556. The third kappa shape index (κ3) is 4.28. The highest BCUT2D eigenvalue weighted by Crippen LogP contribution is 2.29. The Balaban J connectivity index is 1.61. The molecule has 6 nitrogen and oxygen atoms in total. The minimum Gasteiger partial charge on any atom is -0.376 e. The van der Waals surface area contributed by atoms with Crippen LogP contribution in [0.15, 0.2) is 12.1 Å². The van der Waals surface area contributed by atoms with E-state index in [1.54, 1.807) is 11.0 Å². The zero-order valence-corrected chi connectivity index (χ0v) is 14.6. The Morgan fingerprint density at radius 3 is 3.00 bits per heavy atom. The van der Waals surface area contributed by atoms with Crippen molar-refractivity contribution in [2.45, 2.75) is 39.2 Å². The lowest BCUT2D eigenvalue weighted by Crippen LogP contribution is -2.34. The van der Waals surface area contributed by atoms with Crippen LogP contribution in [-0.4, -0.2) is 42.6 Å². The van der Waals surface area contributed by atoms with Crippen molar-refractivity contribution in [3.63, 3.8) is 0 Å². The average Bonchev–Trinajstić information content (AvgIpc) is 3.03. The lowest BCUT2D eigenvalue weighted by Gasteiger charge is -2.21. The van der Waals surface area contributed by atoms with Gasteiger partial charge in [-0.05, 0) is 36.5 Å². The van der Waals surface area contributed by atoms with Gasteiger partial charge in [-0.1, -0.05) is 13.8 Å². The van der Waals surface area contributed by atoms with Crippen LogP contribution in [0.4, 0.5) is 20.6 Å². The van der Waals surface area contributed by atoms with E-state index in [2.05, 4.69) is 24.5 Å². The second kappa shape index (κ2) is 7.39. The number of urea groups is 1. The highest BCUT2D eigenvalue weighted by atomic mass is 19.1. The molecule has 3 amide bonds. The largest absolute Gasteiger partial charge is 0.376 e. The summed E-state index contributed by atoms with van der Waals surface area (Å²) in [5.74, 6) is -0.220. The molecule has 0 bridgehead atoms. The van der Waals surface area contributed by atoms with Crippen molar-refractivity contribution in [3.8, 4) is 0 Å². The summed E-state index contributed by atoms with van der Waals surface area (Å²) in [7, 11) is 0. The van der Waals surface area contributed by atoms with Crippen molar-refractivity contribution in [1.29, 1.82) is 0 Å². The number of benzene rings is 1. The Bertz CT molecular complexity index is 678. The maximum absolute atomic E-state index is 14.2. The Kier molecular flexibility index (Phi) is 5.22. The molecule has 0 unspecified atom stereocenters. The van der Waals surface area contributed by atoms with Gasteiger partial charge < -0.3 is 20.3 Å². The number of rotatable bonds is 4. The molecular formula is C18H24FN3O3. The maximum Gasteiger partial charge on any atom is 0.322 e. The van der Waals surface area contributed by atoms with Gasteiger partial charge in [0.25, 0.3) is 0 Å². The summed E-state index contributed by atoms with van der Waals surface area (Å²) in [6.07, 6.45) is 1.74. The summed E-state index contributed by atoms with van der Waals surface area (Å²) in [6.45, 7) is 5.95. The van der Waals surface area contributed by atoms with E-state index < -0.39 is 5.82 Å². The Morgan fingerprint density at radius 1 is 1.44 bits per heavy atom. The van der Waals surface area contributed by atoms with E-state index in [1.165, 1.54) is 6.07 Å². The van der Waals surface area contributed by atoms with Gasteiger partial charge in [-0.2, -0.15) is 0 Å². The highest BCUT2D eigenvalue weighted by molar-refractivity contribution is 5.95. The number of hydrogen-bond acceptors (Lipinski definition) is 3. The second-order valence-corrected chi connectivity index (χ2v) is 7.05. The predicted molar refractivity (Wildman–Crippen MR) is 93.1 cm³/mol. The van der Waals surface area contributed by atoms with Gasteiger partial charge in [0.05, 0.1) is 11.8 Å². The van der Waals surface area contributed by atoms with Crippen LogP contribution in [0.25, 0.3) is 0 Å². The molecule has 1 aromatic rings. The zero-order chi connectivity index (χ0) is 18.0. The first-order valence-corrected chi connectivity index (χ1v) is 8.72. The van der Waals surface area contributed by atoms with E-state index in [0.717, 1.165) is 12.0 Å². The minimum absolute atomic E-state index is 0.0387. The number of ether oxygens (including phenoxy) is 1. The molecule has 0 radical (unpaired) electrons. The summed E-state index contributed by atoms with van der Waals surface area (Å²) >= 11 is 0. The van der Waals surface area contributed by atoms with Crippen LogP contribution in [0.2, 0.25) is 0 Å². The maximum atomic E-state index is 14.2. The number of likely N-dealkylation sites (tertiary alicyclic amines) is 1. The van der Waals surface area contributed by atoms with Crippen molar-refractivity contribution in [1.82, 2.24) is 4.90 Å². The van der Waals surface area contributed by atoms with Gasteiger partial charge in [-0.3, -0.25) is 4.79 Å². The molecule has 7 heteroatoms. The molecular weight excluding hydrogens is 325 g/mol. The Morgan fingerprint density at radius 2 is 2.24 bits per heavy atom. The molecule has 0 aromatic heterocycles. The van der Waals surface area contributed by atoms with Gasteiger partial charge in [-0.15, -0.1) is 0 Å². The Hall–Kier alpha value is -2.15. The lowest BCUT2D eigenvalue weighted by atomic mass is 10.0. The molecule has 0 spiro atoms. The number of nitrogens with one attached hydrogen (secondary N) is 2. The molecule has 1 saturated heterocycles. The van der Waals surface area contributed by atoms with Crippen LogP contribution in [0.5, 0.6) is 0 Å². The SMILES string of the molecule is CC(C)CO[C@H]1CCN(C(=O)Nc2cc3c(cc2F)NC(=O)CC3)C1. The van der Waals surface area contributed by atoms with E-state index in [0.29, 0.717) is 44.1 Å². The van der Waals surface area contributed by atoms with Crippen LogP contribution in [0, 0.1) is 11.7 Å². The zero-order valence-electron chi connectivity index (χ0n) is 14.6. The summed E-state index contributed by atoms with van der Waals surface area (Å²) < 4.78 is 20.0. The predicted octanol–water partition coefficient (Wildman–Crippen LogP) is 2.99. The van der Waals surface area contributed by atoms with Crippen molar-refractivity contribution in [2.75, 3.05) is 30.3 Å². The van der Waals surface area contributed by atoms with Crippen LogP contribution in [0.1, 0.15) is 32.3 Å². The molecule has 1 aromatic carbocycles. The quantitative estimate of drug-likeness (QED) is 0.878. The molecule has 1 atom stereocenters. The number of carbonyl (C=O) groups is 2. The van der Waals surface area contributed by atoms with Crippen molar-refractivity contribution in [2.24, 2.45) is 5.92 Å². The van der Waals surface area contributed by atoms with Crippen LogP contribution < -0.4 is 10.6 Å². The van der Waals surface area contributed by atoms with Crippen LogP contribution >= 0.6 is 0 Å². The number of fused-ring (bicyclic) bond motifs is 1. The number of anilines is 2. The van der Waals surface area contributed by atoms with Gasteiger partial charge in [0.1, 0.15) is 5.82 Å². The van der Waals surface area contributed by atoms with E-state index in [4.69, 9.17) is 4.74 Å². The van der Waals surface area contributed by atoms with E-state index in [-0.39, 0.29) is 23.7 Å². The molecule has 0 saturated carbocycles. The molecule has 1 fully saturated rings. The molecule has 25 heavy (non-hydrogen) atoms. The van der Waals surface area contributed by atoms with Crippen molar-refractivity contribution in [3.05, 3.63) is 23.5 Å². The van der Waals surface area contributed by atoms with Gasteiger partial charge in [0, 0.05) is 31.8 Å². The standard InChI is InChI=1S/C18H24FN3O3/c1-11(2)10-25-13-5-6-22(9-13)18(24)21-16-7-12-3-4-17(23)20-15(12)8-14(16)19/h7-8,11,13H,3-6,9-10H2,1-2H3,(H,20,23)(H,21,24)/t13-/m0/s1. The molecule has 136 valence electrons. The smallest absolute Gasteiger partial charge is 0.322 e. The summed E-state index contributed by atoms with van der Waals surface area (Å²) in [4.78, 5) is 25.4. The third-order valence-corrected chi connectivity index (χ3v) is 4.43. The highest BCUT2D eigenvalue weighted by Gasteiger charge is 2.28. The van der Waals surface area contributed by atoms with Gasteiger partial charge >= 0.3 is 6.03 Å². The molecule has 0 aliphatic carbocycles. The summed E-state index contributed by atoms with van der Waals surface area (Å²) in [6, 6.07) is 2.54. The minimum atomic E-state index is -0.555. The number of nitrogens with zero attached hydrogens (tertiary/aromatic N) is 1. The molecule has 2 N–H and O–H groups in total. The number of amides is 3. The molecule has 2 heterocycles. The fourth-order valence-corrected chi connectivity index (χ4v) is 3.07. The third-order valence-electron chi connectivity index (χ3n) is 4.43. The van der Waals surface area contributed by atoms with E-state index in [1.807, 2.05) is 0 Å². The fourth-order valence-electron chi connectivity index (χ4n) is 3.07. The van der Waals surface area contributed by atoms with E-state index >= 15 is 0 Å². The van der Waals surface area contributed by atoms with Gasteiger partial charge in [-0.25, -0.2) is 9.18 Å². The van der Waals surface area contributed by atoms with Crippen LogP contribution in [0.3, 0.4) is 0 Å². The first-order valence-electron chi connectivity index (χ1n) is 8.72. The molecule has 2 aliphatic heterocycles. The van der Waals surface area contributed by atoms with Gasteiger partial charge in [0.15, 0.2) is 0 Å². The lowest BCUT2D eigenvalue weighted by molar-refractivity contribution is -0.116. The summed E-state index contributed by atoms with van der Waals surface area (Å²) in [5.41, 5.74) is 1.46. The number of halogens is 1. The molecule has 3 rings (SSSR count). The monoisotopic (exact) mass is 349 g/mol. The second-order valence-electron chi connectivity index (χ2n) is 7.05. The first-order chi connectivity index (χ1) is 11.9. The van der Waals surface area contributed by atoms with Crippen LogP contribution in [-0.2, 0) is 16.0 Å². The summed E-state index contributed by atoms with van der Waals surface area (Å²) in [5, 5.41) is 5.29. The normalized spacial score (nSPS) is 19.8.